The summed E-state index contributed by atoms with van der Waals surface area (Å²) in [4.78, 5) is 44.6. The number of aromatic amines is 1. The molecule has 174 valence electrons. The average Bonchev–Trinajstić information content (AvgIpc) is 3.43. The Balaban J connectivity index is 1.69. The molecule has 5 aromatic rings. The van der Waals surface area contributed by atoms with Gasteiger partial charge in [0.05, 0.1) is 33.7 Å². The zero-order chi connectivity index (χ0) is 24.2. The largest absolute Gasteiger partial charge is 0.353 e. The van der Waals surface area contributed by atoms with Crippen LogP contribution in [0.25, 0.3) is 43.6 Å². The van der Waals surface area contributed by atoms with Crippen molar-refractivity contribution in [3.63, 3.8) is 0 Å². The minimum Gasteiger partial charge on any atom is -0.353 e. The third-order valence-corrected chi connectivity index (χ3v) is 7.53. The van der Waals surface area contributed by atoms with Crippen molar-refractivity contribution in [3.8, 4) is 0 Å². The number of benzene rings is 3. The van der Waals surface area contributed by atoms with Gasteiger partial charge in [-0.05, 0) is 25.5 Å². The minimum absolute atomic E-state index is 0.0915. The molecule has 7 rings (SSSR count). The van der Waals surface area contributed by atoms with E-state index in [1.807, 2.05) is 54.3 Å². The number of nitrogens with one attached hydrogen (secondary N) is 2. The Morgan fingerprint density at radius 3 is 2.49 bits per heavy atom. The van der Waals surface area contributed by atoms with E-state index in [2.05, 4.69) is 14.9 Å². The Labute approximate surface area is 199 Å². The van der Waals surface area contributed by atoms with Gasteiger partial charge in [-0.3, -0.25) is 19.7 Å². The lowest BCUT2D eigenvalue weighted by Gasteiger charge is -2.29. The number of carbonyl (C=O) groups is 3. The molecule has 0 saturated heterocycles. The maximum absolute atomic E-state index is 13.2. The van der Waals surface area contributed by atoms with Crippen LogP contribution in [-0.2, 0) is 17.9 Å². The Kier molecular flexibility index (Phi) is 3.87. The Morgan fingerprint density at radius 2 is 1.71 bits per heavy atom. The minimum atomic E-state index is -0.593. The number of fused-ring (bicyclic) bond motifs is 10. The summed E-state index contributed by atoms with van der Waals surface area (Å²) in [7, 11) is 0. The molecule has 8 nitrogen and oxygen atoms in total. The molecule has 2 aromatic heterocycles. The van der Waals surface area contributed by atoms with E-state index in [1.54, 1.807) is 6.92 Å². The first-order valence-corrected chi connectivity index (χ1v) is 11.8. The Bertz CT molecular complexity index is 1790. The van der Waals surface area contributed by atoms with Gasteiger partial charge in [0, 0.05) is 46.2 Å². The standard InChI is InChI=1S/C27H23N5O3/c1-12-10-32-23-14(11-31(12)27(35)13(2)28)6-5-8-16(23)19-21-20(25(33)30-26(21)34)18-15-7-3-4-9-17(15)29-22(18)24(19)32/h3-9,12-13,29H,10-11,28H2,1-2H3,(H,30,33,34). The molecule has 2 unspecified atom stereocenters. The fourth-order valence-electron chi connectivity index (χ4n) is 6.08. The van der Waals surface area contributed by atoms with Gasteiger partial charge in [-0.25, -0.2) is 0 Å². The van der Waals surface area contributed by atoms with E-state index >= 15 is 0 Å². The van der Waals surface area contributed by atoms with Crippen molar-refractivity contribution in [3.05, 3.63) is 59.2 Å². The van der Waals surface area contributed by atoms with Crippen molar-refractivity contribution < 1.29 is 14.4 Å². The van der Waals surface area contributed by atoms with Gasteiger partial charge in [0.2, 0.25) is 5.91 Å². The normalized spacial score (nSPS) is 18.5. The van der Waals surface area contributed by atoms with Gasteiger partial charge in [-0.15, -0.1) is 0 Å². The summed E-state index contributed by atoms with van der Waals surface area (Å²) in [5, 5.41) is 5.87. The second kappa shape index (κ2) is 6.70. The van der Waals surface area contributed by atoms with Crippen molar-refractivity contribution in [1.82, 2.24) is 19.8 Å². The smallest absolute Gasteiger partial charge is 0.259 e. The highest BCUT2D eigenvalue weighted by Gasteiger charge is 2.37. The lowest BCUT2D eigenvalue weighted by Crippen LogP contribution is -2.46. The first-order chi connectivity index (χ1) is 16.9. The number of aromatic nitrogens is 2. The number of nitrogens with zero attached hydrogens (tertiary/aromatic N) is 2. The fourth-order valence-corrected chi connectivity index (χ4v) is 6.08. The van der Waals surface area contributed by atoms with Crippen LogP contribution in [-0.4, -0.2) is 44.3 Å². The molecular weight excluding hydrogens is 442 g/mol. The number of rotatable bonds is 1. The summed E-state index contributed by atoms with van der Waals surface area (Å²) in [5.74, 6) is -0.829. The maximum atomic E-state index is 13.2. The molecule has 0 aliphatic carbocycles. The molecule has 2 atom stereocenters. The predicted molar refractivity (Wildman–Crippen MR) is 134 cm³/mol. The molecule has 0 spiro atoms. The summed E-state index contributed by atoms with van der Waals surface area (Å²) in [6.45, 7) is 4.70. The number of hydrogen-bond acceptors (Lipinski definition) is 4. The van der Waals surface area contributed by atoms with Gasteiger partial charge in [-0.2, -0.15) is 0 Å². The number of H-pyrrole nitrogens is 1. The van der Waals surface area contributed by atoms with Crippen LogP contribution in [0.4, 0.5) is 0 Å². The van der Waals surface area contributed by atoms with Gasteiger partial charge in [0.1, 0.15) is 0 Å². The van der Waals surface area contributed by atoms with Crippen LogP contribution in [0, 0.1) is 0 Å². The highest BCUT2D eigenvalue weighted by molar-refractivity contribution is 6.39. The fraction of sp³-hybridized carbons (Fsp3) is 0.222. The van der Waals surface area contributed by atoms with Crippen molar-refractivity contribution in [2.45, 2.75) is 39.0 Å². The number of amides is 3. The number of imide groups is 1. The monoisotopic (exact) mass is 465 g/mol. The summed E-state index contributed by atoms with van der Waals surface area (Å²) in [6, 6.07) is 13.1. The molecule has 4 heterocycles. The van der Waals surface area contributed by atoms with Crippen LogP contribution >= 0.6 is 0 Å². The van der Waals surface area contributed by atoms with Crippen molar-refractivity contribution >= 4 is 61.3 Å². The molecule has 0 bridgehead atoms. The number of carbonyl (C=O) groups excluding carboxylic acids is 3. The quantitative estimate of drug-likeness (QED) is 0.329. The zero-order valence-electron chi connectivity index (χ0n) is 19.3. The first kappa shape index (κ1) is 20.2. The second-order valence-electron chi connectivity index (χ2n) is 9.71. The van der Waals surface area contributed by atoms with Gasteiger partial charge in [0.15, 0.2) is 0 Å². The molecule has 3 amide bonds. The molecule has 0 fully saturated rings. The van der Waals surface area contributed by atoms with Crippen LogP contribution < -0.4 is 11.1 Å². The van der Waals surface area contributed by atoms with E-state index in [-0.39, 0.29) is 23.8 Å². The number of nitrogens with two attached hydrogens (primary N) is 1. The van der Waals surface area contributed by atoms with Crippen LogP contribution in [0.2, 0.25) is 0 Å². The molecular formula is C27H23N5O3. The van der Waals surface area contributed by atoms with E-state index in [0.717, 1.165) is 49.2 Å². The summed E-state index contributed by atoms with van der Waals surface area (Å²) >= 11 is 0. The van der Waals surface area contributed by atoms with Gasteiger partial charge in [-0.1, -0.05) is 36.4 Å². The van der Waals surface area contributed by atoms with Crippen molar-refractivity contribution in [2.75, 3.05) is 0 Å². The molecule has 8 heteroatoms. The van der Waals surface area contributed by atoms with E-state index in [9.17, 15) is 14.4 Å². The predicted octanol–water partition coefficient (Wildman–Crippen LogP) is 3.39. The molecule has 0 radical (unpaired) electrons. The Hall–Kier alpha value is -4.17. The molecule has 2 aliphatic rings. The number of para-hydroxylation sites is 2. The third-order valence-electron chi connectivity index (χ3n) is 7.53. The molecule has 4 N–H and O–H groups in total. The zero-order valence-corrected chi connectivity index (χ0v) is 19.3. The van der Waals surface area contributed by atoms with Gasteiger partial charge >= 0.3 is 0 Å². The van der Waals surface area contributed by atoms with E-state index in [0.29, 0.717) is 24.2 Å². The summed E-state index contributed by atoms with van der Waals surface area (Å²) in [5.41, 5.74) is 11.4. The van der Waals surface area contributed by atoms with Gasteiger partial charge < -0.3 is 20.2 Å². The van der Waals surface area contributed by atoms with Gasteiger partial charge in [0.25, 0.3) is 11.8 Å². The van der Waals surface area contributed by atoms with E-state index < -0.39 is 6.04 Å². The van der Waals surface area contributed by atoms with Crippen LogP contribution in [0.15, 0.2) is 42.5 Å². The number of hydrogen-bond donors (Lipinski definition) is 3. The summed E-state index contributed by atoms with van der Waals surface area (Å²) in [6.07, 6.45) is 0. The molecule has 2 aliphatic heterocycles. The van der Waals surface area contributed by atoms with Crippen LogP contribution in [0.3, 0.4) is 0 Å². The van der Waals surface area contributed by atoms with Crippen molar-refractivity contribution in [1.29, 1.82) is 0 Å². The van der Waals surface area contributed by atoms with Crippen LogP contribution in [0.1, 0.15) is 40.1 Å². The highest BCUT2D eigenvalue weighted by Crippen LogP contribution is 2.45. The molecule has 35 heavy (non-hydrogen) atoms. The topological polar surface area (TPSA) is 113 Å². The van der Waals surface area contributed by atoms with E-state index in [4.69, 9.17) is 5.73 Å². The third kappa shape index (κ3) is 2.46. The SMILES string of the molecule is CC(N)C(=O)N1Cc2cccc3c4c5c(c6c7ccccc7[nH]c6c4n(c23)CC1C)C(=O)NC5=O. The van der Waals surface area contributed by atoms with Crippen LogP contribution in [0.5, 0.6) is 0 Å². The lowest BCUT2D eigenvalue weighted by atomic mass is 9.96. The first-order valence-electron chi connectivity index (χ1n) is 11.8. The second-order valence-corrected chi connectivity index (χ2v) is 9.71. The summed E-state index contributed by atoms with van der Waals surface area (Å²) < 4.78 is 2.22. The molecule has 0 saturated carbocycles. The highest BCUT2D eigenvalue weighted by atomic mass is 16.2. The average molecular weight is 466 g/mol. The van der Waals surface area contributed by atoms with Crippen molar-refractivity contribution in [2.24, 2.45) is 5.73 Å². The lowest BCUT2D eigenvalue weighted by molar-refractivity contribution is -0.135. The van der Waals surface area contributed by atoms with E-state index in [1.165, 1.54) is 0 Å². The maximum Gasteiger partial charge on any atom is 0.259 e. The Morgan fingerprint density at radius 1 is 1.00 bits per heavy atom. The molecule has 3 aromatic carbocycles.